The molecule has 0 spiro atoms. The second-order valence-electron chi connectivity index (χ2n) is 3.10. The van der Waals surface area contributed by atoms with Gasteiger partial charge in [-0.15, -0.1) is 0 Å². The van der Waals surface area contributed by atoms with Crippen LogP contribution in [0.4, 0.5) is 5.69 Å². The van der Waals surface area contributed by atoms with Crippen molar-refractivity contribution in [1.82, 2.24) is 0 Å². The Morgan fingerprint density at radius 3 is 2.50 bits per heavy atom. The van der Waals surface area contributed by atoms with Crippen LogP contribution < -0.4 is 0 Å². The largest absolute Gasteiger partial charge is 0.0911 e. The van der Waals surface area contributed by atoms with Crippen LogP contribution in [0.25, 0.3) is 10.4 Å². The highest BCUT2D eigenvalue weighted by Crippen LogP contribution is 2.20. The standard InChI is InChI=1S/C11H13N3/c1-3-4-9(2)10-5-7-11(8-6-10)13-14-12/h3-9H,1-2H3/b4-3+. The Bertz CT molecular complexity index is 359. The summed E-state index contributed by atoms with van der Waals surface area (Å²) in [6.07, 6.45) is 4.16. The lowest BCUT2D eigenvalue weighted by Crippen LogP contribution is -1.87. The smallest absolute Gasteiger partial charge is 0.0375 e. The summed E-state index contributed by atoms with van der Waals surface area (Å²) in [6, 6.07) is 7.62. The molecule has 1 aromatic rings. The van der Waals surface area contributed by atoms with E-state index in [1.165, 1.54) is 5.56 Å². The molecule has 0 saturated carbocycles. The van der Waals surface area contributed by atoms with E-state index >= 15 is 0 Å². The average molecular weight is 187 g/mol. The van der Waals surface area contributed by atoms with Gasteiger partial charge in [-0.1, -0.05) is 48.5 Å². The van der Waals surface area contributed by atoms with Gasteiger partial charge in [-0.2, -0.15) is 0 Å². The fraction of sp³-hybridized carbons (Fsp3) is 0.273. The molecule has 3 heteroatoms. The molecule has 14 heavy (non-hydrogen) atoms. The zero-order valence-electron chi connectivity index (χ0n) is 8.38. The predicted octanol–water partition coefficient (Wildman–Crippen LogP) is 4.31. The normalized spacial score (nSPS) is 12.4. The summed E-state index contributed by atoms with van der Waals surface area (Å²) in [5, 5.41) is 3.52. The van der Waals surface area contributed by atoms with E-state index in [2.05, 4.69) is 23.0 Å². The maximum absolute atomic E-state index is 8.23. The third kappa shape index (κ3) is 2.64. The van der Waals surface area contributed by atoms with Gasteiger partial charge in [-0.3, -0.25) is 0 Å². The van der Waals surface area contributed by atoms with Crippen LogP contribution in [0.5, 0.6) is 0 Å². The van der Waals surface area contributed by atoms with Gasteiger partial charge in [0.2, 0.25) is 0 Å². The van der Waals surface area contributed by atoms with Crippen LogP contribution in [-0.4, -0.2) is 0 Å². The monoisotopic (exact) mass is 187 g/mol. The fourth-order valence-electron chi connectivity index (χ4n) is 1.30. The van der Waals surface area contributed by atoms with Gasteiger partial charge in [0.05, 0.1) is 0 Å². The summed E-state index contributed by atoms with van der Waals surface area (Å²) in [4.78, 5) is 2.73. The molecule has 1 atom stereocenters. The molecule has 0 amide bonds. The molecule has 0 aliphatic rings. The van der Waals surface area contributed by atoms with Crippen molar-refractivity contribution < 1.29 is 0 Å². The number of benzene rings is 1. The second-order valence-corrected chi connectivity index (χ2v) is 3.10. The summed E-state index contributed by atoms with van der Waals surface area (Å²) in [7, 11) is 0. The minimum absolute atomic E-state index is 0.403. The summed E-state index contributed by atoms with van der Waals surface area (Å²) in [6.45, 7) is 4.13. The molecule has 1 unspecified atom stereocenters. The maximum atomic E-state index is 8.23. The Morgan fingerprint density at radius 1 is 1.36 bits per heavy atom. The molecule has 0 aromatic heterocycles. The number of hydrogen-bond donors (Lipinski definition) is 0. The zero-order chi connectivity index (χ0) is 10.4. The summed E-state index contributed by atoms with van der Waals surface area (Å²) >= 11 is 0. The molecule has 0 bridgehead atoms. The molecule has 72 valence electrons. The first kappa shape index (κ1) is 10.4. The topological polar surface area (TPSA) is 48.8 Å². The second kappa shape index (κ2) is 5.10. The van der Waals surface area contributed by atoms with Gasteiger partial charge in [-0.05, 0) is 23.9 Å². The average Bonchev–Trinajstić information content (AvgIpc) is 2.20. The molecule has 0 fully saturated rings. The van der Waals surface area contributed by atoms with Crippen molar-refractivity contribution in [3.05, 3.63) is 52.4 Å². The molecule has 1 aromatic carbocycles. The maximum Gasteiger partial charge on any atom is 0.0375 e. The van der Waals surface area contributed by atoms with Gasteiger partial charge in [-0.25, -0.2) is 0 Å². The molecule has 1 rings (SSSR count). The minimum Gasteiger partial charge on any atom is -0.0911 e. The van der Waals surface area contributed by atoms with E-state index in [4.69, 9.17) is 5.53 Å². The van der Waals surface area contributed by atoms with Gasteiger partial charge in [0.25, 0.3) is 0 Å². The molecule has 0 saturated heterocycles. The van der Waals surface area contributed by atoms with Crippen LogP contribution >= 0.6 is 0 Å². The van der Waals surface area contributed by atoms with E-state index < -0.39 is 0 Å². The lowest BCUT2D eigenvalue weighted by molar-refractivity contribution is 0.965. The molecular formula is C11H13N3. The Kier molecular flexibility index (Phi) is 3.77. The highest BCUT2D eigenvalue weighted by molar-refractivity contribution is 5.40. The first-order valence-corrected chi connectivity index (χ1v) is 4.56. The Hall–Kier alpha value is -1.73. The lowest BCUT2D eigenvalue weighted by atomic mass is 10.0. The van der Waals surface area contributed by atoms with Crippen LogP contribution in [0.3, 0.4) is 0 Å². The third-order valence-electron chi connectivity index (χ3n) is 2.06. The van der Waals surface area contributed by atoms with E-state index in [0.717, 1.165) is 0 Å². The van der Waals surface area contributed by atoms with E-state index in [1.807, 2.05) is 37.3 Å². The van der Waals surface area contributed by atoms with Crippen molar-refractivity contribution in [2.75, 3.05) is 0 Å². The third-order valence-corrected chi connectivity index (χ3v) is 2.06. The number of allylic oxidation sites excluding steroid dienone is 2. The van der Waals surface area contributed by atoms with Crippen molar-refractivity contribution in [3.8, 4) is 0 Å². The Morgan fingerprint density at radius 2 is 2.00 bits per heavy atom. The van der Waals surface area contributed by atoms with Gasteiger partial charge < -0.3 is 0 Å². The quantitative estimate of drug-likeness (QED) is 0.293. The van der Waals surface area contributed by atoms with Crippen molar-refractivity contribution in [1.29, 1.82) is 0 Å². The number of azide groups is 1. The lowest BCUT2D eigenvalue weighted by Gasteiger charge is -2.05. The highest BCUT2D eigenvalue weighted by Gasteiger charge is 1.99. The number of rotatable bonds is 3. The predicted molar refractivity (Wildman–Crippen MR) is 58.5 cm³/mol. The van der Waals surface area contributed by atoms with Crippen molar-refractivity contribution in [2.45, 2.75) is 19.8 Å². The first-order valence-electron chi connectivity index (χ1n) is 4.56. The minimum atomic E-state index is 0.403. The number of nitrogens with zero attached hydrogens (tertiary/aromatic N) is 3. The summed E-state index contributed by atoms with van der Waals surface area (Å²) in [5.41, 5.74) is 10.1. The molecule has 3 nitrogen and oxygen atoms in total. The van der Waals surface area contributed by atoms with Crippen molar-refractivity contribution in [2.24, 2.45) is 5.11 Å². The van der Waals surface area contributed by atoms with E-state index in [9.17, 15) is 0 Å². The van der Waals surface area contributed by atoms with Crippen molar-refractivity contribution in [3.63, 3.8) is 0 Å². The Labute approximate surface area is 83.7 Å². The molecule has 0 N–H and O–H groups in total. The van der Waals surface area contributed by atoms with E-state index in [-0.39, 0.29) is 0 Å². The van der Waals surface area contributed by atoms with Crippen LogP contribution in [0.1, 0.15) is 25.3 Å². The van der Waals surface area contributed by atoms with Crippen LogP contribution in [0.15, 0.2) is 41.5 Å². The fourth-order valence-corrected chi connectivity index (χ4v) is 1.30. The van der Waals surface area contributed by atoms with Crippen molar-refractivity contribution >= 4 is 5.69 Å². The van der Waals surface area contributed by atoms with Crippen LogP contribution in [0, 0.1) is 0 Å². The van der Waals surface area contributed by atoms with Gasteiger partial charge in [0.15, 0.2) is 0 Å². The van der Waals surface area contributed by atoms with Gasteiger partial charge >= 0.3 is 0 Å². The van der Waals surface area contributed by atoms with Crippen LogP contribution in [0.2, 0.25) is 0 Å². The highest BCUT2D eigenvalue weighted by atomic mass is 15.1. The molecule has 0 aliphatic heterocycles. The SMILES string of the molecule is C/C=C/C(C)c1ccc(N=[N+]=[N-])cc1. The molecule has 0 radical (unpaired) electrons. The molecule has 0 heterocycles. The van der Waals surface area contributed by atoms with Gasteiger partial charge in [0.1, 0.15) is 0 Å². The van der Waals surface area contributed by atoms with E-state index in [0.29, 0.717) is 11.6 Å². The first-order chi connectivity index (χ1) is 6.77. The van der Waals surface area contributed by atoms with Gasteiger partial charge in [0, 0.05) is 10.6 Å². The zero-order valence-corrected chi connectivity index (χ0v) is 8.38. The van der Waals surface area contributed by atoms with E-state index in [1.54, 1.807) is 0 Å². The molecular weight excluding hydrogens is 174 g/mol. The molecule has 0 aliphatic carbocycles. The summed E-state index contributed by atoms with van der Waals surface area (Å²) < 4.78 is 0. The number of hydrogen-bond acceptors (Lipinski definition) is 1. The van der Waals surface area contributed by atoms with Crippen LogP contribution in [-0.2, 0) is 0 Å². The Balaban J connectivity index is 2.87. The summed E-state index contributed by atoms with van der Waals surface area (Å²) in [5.74, 6) is 0.403.